The summed E-state index contributed by atoms with van der Waals surface area (Å²) < 4.78 is 67.9. The number of fused-ring (bicyclic) bond motifs is 1. The molecule has 222 valence electrons. The summed E-state index contributed by atoms with van der Waals surface area (Å²) in [4.78, 5) is 17.5. The molecular formula is C24H35N5O7S4. The van der Waals surface area contributed by atoms with E-state index in [1.165, 1.54) is 9.13 Å². The maximum absolute atomic E-state index is 13.3. The number of aromatic nitrogens is 3. The molecule has 1 aliphatic heterocycles. The summed E-state index contributed by atoms with van der Waals surface area (Å²) in [7, 11) is -8.50. The van der Waals surface area contributed by atoms with Crippen LogP contribution in [0.4, 0.5) is 11.5 Å². The minimum atomic E-state index is -4.25. The van der Waals surface area contributed by atoms with Crippen molar-refractivity contribution in [2.45, 2.75) is 65.2 Å². The first kappa shape index (κ1) is 32.2. The number of hydrogen-bond donors (Lipinski definition) is 3. The number of hydrogen-bond acceptors (Lipinski definition) is 9. The molecule has 0 radical (unpaired) electrons. The number of aryl methyl sites for hydroxylation is 1. The van der Waals surface area contributed by atoms with Crippen molar-refractivity contribution < 1.29 is 25.9 Å². The number of anilines is 2. The molecule has 0 unspecified atom stereocenters. The maximum Gasteiger partial charge on any atom is 0.330 e. The Bertz CT molecular complexity index is 1680. The lowest BCUT2D eigenvalue weighted by Crippen LogP contribution is -2.34. The summed E-state index contributed by atoms with van der Waals surface area (Å²) in [5.74, 6) is 0.709. The normalized spacial score (nSPS) is 13.6. The average Bonchev–Trinajstić information content (AvgIpc) is 3.32. The number of thiol groups is 1. The Morgan fingerprint density at radius 1 is 0.925 bits per heavy atom. The largest absolute Gasteiger partial charge is 0.330 e. The van der Waals surface area contributed by atoms with Crippen molar-refractivity contribution in [3.63, 3.8) is 0 Å². The van der Waals surface area contributed by atoms with Gasteiger partial charge in [0.1, 0.15) is 10.5 Å². The highest BCUT2D eigenvalue weighted by atomic mass is 32.2. The van der Waals surface area contributed by atoms with Crippen molar-refractivity contribution in [2.75, 3.05) is 34.4 Å². The lowest BCUT2D eigenvalue weighted by Gasteiger charge is -2.23. The lowest BCUT2D eigenvalue weighted by molar-refractivity contribution is 0.468. The van der Waals surface area contributed by atoms with Gasteiger partial charge in [-0.2, -0.15) is 16.8 Å². The first-order valence-corrected chi connectivity index (χ1v) is 16.9. The second-order valence-corrected chi connectivity index (χ2v) is 13.2. The first-order chi connectivity index (χ1) is 18.6. The zero-order chi connectivity index (χ0) is 30.0. The molecular weight excluding hydrogens is 599 g/mol. The van der Waals surface area contributed by atoms with Gasteiger partial charge in [-0.25, -0.2) is 4.79 Å². The van der Waals surface area contributed by atoms with Crippen LogP contribution in [0.2, 0.25) is 0 Å². The van der Waals surface area contributed by atoms with Gasteiger partial charge in [-0.15, -0.1) is 12.6 Å². The number of rotatable bonds is 12. The zero-order valence-corrected chi connectivity index (χ0v) is 26.2. The summed E-state index contributed by atoms with van der Waals surface area (Å²) >= 11 is 10.2. The smallest absolute Gasteiger partial charge is 0.330 e. The minimum absolute atomic E-state index is 0.0687. The molecule has 2 aromatic heterocycles. The molecule has 2 N–H and O–H groups in total. The van der Waals surface area contributed by atoms with Gasteiger partial charge in [-0.1, -0.05) is 17.9 Å². The second-order valence-electron chi connectivity index (χ2n) is 9.25. The van der Waals surface area contributed by atoms with E-state index in [1.807, 2.05) is 13.8 Å². The van der Waals surface area contributed by atoms with E-state index in [0.717, 1.165) is 29.6 Å². The molecule has 0 atom stereocenters. The van der Waals surface area contributed by atoms with E-state index in [2.05, 4.69) is 52.6 Å². The van der Waals surface area contributed by atoms with Crippen molar-refractivity contribution in [1.29, 1.82) is 0 Å². The van der Waals surface area contributed by atoms with Crippen molar-refractivity contribution in [3.05, 3.63) is 44.0 Å². The second kappa shape index (κ2) is 12.7. The topological polar surface area (TPSA) is 147 Å². The highest BCUT2D eigenvalue weighted by Crippen LogP contribution is 2.43. The minimum Gasteiger partial charge on any atom is -0.330 e. The molecule has 0 fully saturated rings. The van der Waals surface area contributed by atoms with E-state index < -0.39 is 37.4 Å². The third-order valence-corrected chi connectivity index (χ3v) is 9.14. The van der Waals surface area contributed by atoms with Gasteiger partial charge in [-0.05, 0) is 52.7 Å². The van der Waals surface area contributed by atoms with Crippen LogP contribution in [0.1, 0.15) is 44.9 Å². The Balaban J connectivity index is 2.18. The van der Waals surface area contributed by atoms with Crippen LogP contribution in [0.25, 0.3) is 6.08 Å². The van der Waals surface area contributed by atoms with E-state index in [1.54, 1.807) is 6.08 Å². The Morgan fingerprint density at radius 2 is 1.48 bits per heavy atom. The van der Waals surface area contributed by atoms with Crippen molar-refractivity contribution in [3.8, 4) is 0 Å². The van der Waals surface area contributed by atoms with Crippen molar-refractivity contribution >= 4 is 62.7 Å². The van der Waals surface area contributed by atoms with Gasteiger partial charge in [0.05, 0.1) is 22.2 Å². The van der Waals surface area contributed by atoms with Crippen LogP contribution >= 0.6 is 24.8 Å². The molecule has 0 saturated carbocycles. The SMILES string of the molecule is CCN1C(=C=Cc2c(S)n(CCCS(=O)(=O)O)c(=O)n(CCCS(=O)(=O)O)c2=S)N(CC)c2c1cc(C)n2CC. The predicted octanol–water partition coefficient (Wildman–Crippen LogP) is 3.17. The van der Waals surface area contributed by atoms with Crippen LogP contribution in [0, 0.1) is 11.6 Å². The predicted molar refractivity (Wildman–Crippen MR) is 161 cm³/mol. The molecule has 2 aromatic rings. The van der Waals surface area contributed by atoms with Gasteiger partial charge in [0.2, 0.25) is 0 Å². The fraction of sp³-hybridized carbons (Fsp3) is 0.542. The van der Waals surface area contributed by atoms with Crippen LogP contribution in [0.3, 0.4) is 0 Å². The molecule has 40 heavy (non-hydrogen) atoms. The summed E-state index contributed by atoms with van der Waals surface area (Å²) in [5, 5.41) is 0.181. The average molecular weight is 634 g/mol. The molecule has 0 bridgehead atoms. The van der Waals surface area contributed by atoms with Crippen molar-refractivity contribution in [1.82, 2.24) is 13.7 Å². The van der Waals surface area contributed by atoms with E-state index in [0.29, 0.717) is 18.7 Å². The fourth-order valence-electron chi connectivity index (χ4n) is 4.84. The first-order valence-electron chi connectivity index (χ1n) is 12.8. The third-order valence-electron chi connectivity index (χ3n) is 6.61. The van der Waals surface area contributed by atoms with Gasteiger partial charge in [-0.3, -0.25) is 18.2 Å². The molecule has 1 aliphatic rings. The third kappa shape index (κ3) is 6.93. The van der Waals surface area contributed by atoms with Crippen molar-refractivity contribution in [2.24, 2.45) is 0 Å². The molecule has 0 aromatic carbocycles. The van der Waals surface area contributed by atoms with Gasteiger partial charge >= 0.3 is 5.69 Å². The molecule has 3 heterocycles. The van der Waals surface area contributed by atoms with Crippen LogP contribution in [-0.4, -0.2) is 64.2 Å². The van der Waals surface area contributed by atoms with E-state index >= 15 is 0 Å². The Morgan fingerprint density at radius 3 is 1.98 bits per heavy atom. The summed E-state index contributed by atoms with van der Waals surface area (Å²) in [5.41, 5.74) is 5.28. The molecule has 0 spiro atoms. The standard InChI is InChI=1S/C24H35N5O7S4/c1-5-25-17(4)16-19-21(25)27(7-3)20(26(19)6-2)11-10-18-22(37)28(12-8-14-39(31,32)33)24(30)29(23(18)38)13-9-15-40(34,35)36/h10,16,37H,5-9,12-15H2,1-4H3,(H,31,32,33)(H,34,35,36). The molecule has 0 amide bonds. The molecule has 3 rings (SSSR count). The lowest BCUT2D eigenvalue weighted by atomic mass is 10.3. The Kier molecular flexibility index (Phi) is 10.2. The van der Waals surface area contributed by atoms with Gasteiger partial charge in [0.15, 0.2) is 5.82 Å². The Labute approximate surface area is 245 Å². The molecule has 0 saturated heterocycles. The van der Waals surface area contributed by atoms with E-state index in [4.69, 9.17) is 21.3 Å². The maximum atomic E-state index is 13.3. The highest BCUT2D eigenvalue weighted by molar-refractivity contribution is 7.86. The summed E-state index contributed by atoms with van der Waals surface area (Å²) in [6.45, 7) is 10.2. The monoisotopic (exact) mass is 633 g/mol. The molecule has 12 nitrogen and oxygen atoms in total. The van der Waals surface area contributed by atoms with Crippen LogP contribution in [0.5, 0.6) is 0 Å². The quantitative estimate of drug-likeness (QED) is 0.105. The van der Waals surface area contributed by atoms with Crippen LogP contribution in [0.15, 0.2) is 27.4 Å². The summed E-state index contributed by atoms with van der Waals surface area (Å²) in [6.07, 6.45) is 1.48. The van der Waals surface area contributed by atoms with Gasteiger partial charge in [0, 0.05) is 44.0 Å². The highest BCUT2D eigenvalue weighted by Gasteiger charge is 2.33. The fourth-order valence-corrected chi connectivity index (χ4v) is 6.59. The van der Waals surface area contributed by atoms with Gasteiger partial charge in [0.25, 0.3) is 20.2 Å². The van der Waals surface area contributed by atoms with Gasteiger partial charge < -0.3 is 14.4 Å². The van der Waals surface area contributed by atoms with E-state index in [9.17, 15) is 21.6 Å². The zero-order valence-electron chi connectivity index (χ0n) is 22.9. The Hall–Kier alpha value is -2.33. The van der Waals surface area contributed by atoms with Crippen LogP contribution in [-0.2, 0) is 39.9 Å². The summed E-state index contributed by atoms with van der Waals surface area (Å²) in [6, 6.07) is 2.13. The van der Waals surface area contributed by atoms with Crippen LogP contribution < -0.4 is 15.5 Å². The van der Waals surface area contributed by atoms with E-state index in [-0.39, 0.29) is 35.6 Å². The molecule has 0 aliphatic carbocycles. The molecule has 16 heteroatoms. The number of nitrogens with zero attached hydrogens (tertiary/aromatic N) is 5.